The minimum atomic E-state index is -0.703. The van der Waals surface area contributed by atoms with Crippen LogP contribution in [0.25, 0.3) is 0 Å². The predicted molar refractivity (Wildman–Crippen MR) is 187 cm³/mol. The monoisotopic (exact) mass is 666 g/mol. The van der Waals surface area contributed by atoms with Crippen LogP contribution >= 0.6 is 0 Å². The summed E-state index contributed by atoms with van der Waals surface area (Å²) in [5.74, 6) is 2.47. The number of aromatic amines is 1. The number of nitro benzene ring substituents is 1. The second kappa shape index (κ2) is 17.7. The molecule has 254 valence electrons. The molecule has 49 heavy (non-hydrogen) atoms. The van der Waals surface area contributed by atoms with Crippen molar-refractivity contribution in [2.45, 2.75) is 58.7 Å². The van der Waals surface area contributed by atoms with E-state index in [0.29, 0.717) is 22.7 Å². The van der Waals surface area contributed by atoms with Crippen LogP contribution in [0.15, 0.2) is 77.6 Å². The predicted octanol–water partition coefficient (Wildman–Crippen LogP) is 6.99. The highest BCUT2D eigenvalue weighted by Gasteiger charge is 2.18. The average Bonchev–Trinajstić information content (AvgIpc) is 3.09. The normalized spacial score (nSPS) is 11.1. The van der Waals surface area contributed by atoms with Gasteiger partial charge in [0.2, 0.25) is 5.95 Å². The lowest BCUT2D eigenvalue weighted by Crippen LogP contribution is -2.24. The Morgan fingerprint density at radius 1 is 1.00 bits per heavy atom. The second-order valence-corrected chi connectivity index (χ2v) is 11.1. The number of H-pyrrole nitrogens is 1. The number of carbonyl (C=O) groups excluding carboxylic acids is 2. The van der Waals surface area contributed by atoms with E-state index in [1.165, 1.54) is 18.2 Å². The largest absolute Gasteiger partial charge is 0.489 e. The van der Waals surface area contributed by atoms with Crippen LogP contribution in [0.2, 0.25) is 0 Å². The Bertz CT molecular complexity index is 1850. The summed E-state index contributed by atoms with van der Waals surface area (Å²) in [4.78, 5) is 55.2. The van der Waals surface area contributed by atoms with Gasteiger partial charge in [0.1, 0.15) is 24.7 Å². The number of aromatic nitrogens is 2. The molecule has 3 aromatic carbocycles. The first-order valence-corrected chi connectivity index (χ1v) is 15.8. The van der Waals surface area contributed by atoms with Crippen molar-refractivity contribution in [1.29, 1.82) is 0 Å². The fraction of sp³-hybridized carbons (Fsp3) is 0.278. The molecule has 0 saturated carbocycles. The molecule has 0 spiro atoms. The molecule has 13 nitrogen and oxygen atoms in total. The molecule has 0 fully saturated rings. The maximum Gasteiger partial charge on any atom is 0.338 e. The van der Waals surface area contributed by atoms with Gasteiger partial charge < -0.3 is 20.1 Å². The third-order valence-corrected chi connectivity index (χ3v) is 7.53. The minimum absolute atomic E-state index is 0.0398. The fourth-order valence-electron chi connectivity index (χ4n) is 4.90. The lowest BCUT2D eigenvalue weighted by atomic mass is 9.96. The Hall–Kier alpha value is -6.16. The standard InChI is InChI=1S/C36H38N6O7/c1-4-7-8-26(6-3)31-21-33(43)40-35(39-31)41-36(45)38-28-14-9-24(10-15-28)22-48-29-16-11-25(12-17-29)23-49-34(44)27-13-18-30(37-19-5-2)32(20-27)42(46)47/h2,9-18,20-21,26,37H,4,6-8,19,22-23H2,1,3H3,(H3,38,39,40,41,43,45). The van der Waals surface area contributed by atoms with Crippen molar-refractivity contribution in [3.05, 3.63) is 116 Å². The number of terminal acetylenes is 1. The summed E-state index contributed by atoms with van der Waals surface area (Å²) < 4.78 is 11.2. The number of hydrogen-bond acceptors (Lipinski definition) is 9. The molecular formula is C36H38N6O7. The van der Waals surface area contributed by atoms with Crippen LogP contribution in [0.1, 0.15) is 72.6 Å². The molecule has 1 atom stereocenters. The Labute approximate surface area is 283 Å². The van der Waals surface area contributed by atoms with Crippen molar-refractivity contribution in [3.63, 3.8) is 0 Å². The summed E-state index contributed by atoms with van der Waals surface area (Å²) in [6, 6.07) is 19.0. The summed E-state index contributed by atoms with van der Waals surface area (Å²) in [5, 5.41) is 19.5. The molecule has 0 aliphatic rings. The van der Waals surface area contributed by atoms with Crippen molar-refractivity contribution < 1.29 is 24.0 Å². The fourth-order valence-corrected chi connectivity index (χ4v) is 4.90. The molecular weight excluding hydrogens is 628 g/mol. The van der Waals surface area contributed by atoms with Crippen molar-refractivity contribution in [2.75, 3.05) is 22.5 Å². The van der Waals surface area contributed by atoms with Crippen LogP contribution in [0.5, 0.6) is 5.75 Å². The van der Waals surface area contributed by atoms with E-state index in [-0.39, 0.29) is 54.1 Å². The van der Waals surface area contributed by atoms with Gasteiger partial charge in [-0.15, -0.1) is 6.42 Å². The first-order valence-electron chi connectivity index (χ1n) is 15.8. The summed E-state index contributed by atoms with van der Waals surface area (Å²) in [6.07, 6.45) is 9.06. The maximum absolute atomic E-state index is 12.6. The highest BCUT2D eigenvalue weighted by Crippen LogP contribution is 2.26. The highest BCUT2D eigenvalue weighted by molar-refractivity contribution is 5.98. The number of esters is 1. The zero-order valence-corrected chi connectivity index (χ0v) is 27.3. The lowest BCUT2D eigenvalue weighted by molar-refractivity contribution is -0.384. The third-order valence-electron chi connectivity index (χ3n) is 7.53. The van der Waals surface area contributed by atoms with E-state index in [0.717, 1.165) is 37.3 Å². The number of rotatable bonds is 16. The van der Waals surface area contributed by atoms with Gasteiger partial charge in [0.05, 0.1) is 22.7 Å². The molecule has 0 aliphatic heterocycles. The number of carbonyl (C=O) groups is 2. The SMILES string of the molecule is C#CCNc1ccc(C(=O)OCc2ccc(OCc3ccc(NC(=O)Nc4nc(C(CC)CCCC)cc(=O)[nH]4)cc3)cc2)cc1[N+](=O)[O-]. The van der Waals surface area contributed by atoms with Gasteiger partial charge in [0.15, 0.2) is 0 Å². The zero-order valence-electron chi connectivity index (χ0n) is 27.3. The number of urea groups is 1. The number of amides is 2. The molecule has 0 saturated heterocycles. The molecule has 4 aromatic rings. The summed E-state index contributed by atoms with van der Waals surface area (Å²) in [6.45, 7) is 4.50. The molecule has 1 aromatic heterocycles. The van der Waals surface area contributed by atoms with Crippen LogP contribution in [0, 0.1) is 22.5 Å². The zero-order chi connectivity index (χ0) is 35.2. The average molecular weight is 667 g/mol. The van der Waals surface area contributed by atoms with E-state index in [1.807, 2.05) is 12.1 Å². The van der Waals surface area contributed by atoms with Crippen molar-refractivity contribution in [3.8, 4) is 18.1 Å². The van der Waals surface area contributed by atoms with Gasteiger partial charge >= 0.3 is 12.0 Å². The number of nitrogens with zero attached hydrogens (tertiary/aromatic N) is 2. The van der Waals surface area contributed by atoms with E-state index < -0.39 is 16.9 Å². The number of unbranched alkanes of at least 4 members (excludes halogenated alkanes) is 1. The number of nitrogens with one attached hydrogen (secondary N) is 4. The van der Waals surface area contributed by atoms with Gasteiger partial charge in [0.25, 0.3) is 11.2 Å². The Morgan fingerprint density at radius 3 is 2.39 bits per heavy atom. The molecule has 1 unspecified atom stereocenters. The molecule has 13 heteroatoms. The Morgan fingerprint density at radius 2 is 1.71 bits per heavy atom. The smallest absolute Gasteiger partial charge is 0.338 e. The van der Waals surface area contributed by atoms with Crippen LogP contribution in [-0.4, -0.2) is 33.4 Å². The van der Waals surface area contributed by atoms with Crippen LogP contribution in [0.3, 0.4) is 0 Å². The topological polar surface area (TPSA) is 178 Å². The van der Waals surface area contributed by atoms with Gasteiger partial charge in [-0.05, 0) is 60.4 Å². The number of ether oxygens (including phenoxy) is 2. The molecule has 4 N–H and O–H groups in total. The van der Waals surface area contributed by atoms with E-state index in [2.05, 4.69) is 45.7 Å². The molecule has 2 amide bonds. The molecule has 1 heterocycles. The lowest BCUT2D eigenvalue weighted by Gasteiger charge is -2.15. The van der Waals surface area contributed by atoms with Crippen LogP contribution in [-0.2, 0) is 18.0 Å². The van der Waals surface area contributed by atoms with E-state index in [1.54, 1.807) is 36.4 Å². The second-order valence-electron chi connectivity index (χ2n) is 11.1. The molecule has 0 aliphatic carbocycles. The third kappa shape index (κ3) is 10.7. The first kappa shape index (κ1) is 35.7. The molecule has 4 rings (SSSR count). The maximum atomic E-state index is 12.6. The van der Waals surface area contributed by atoms with Crippen LogP contribution in [0.4, 0.5) is 27.8 Å². The molecule has 0 bridgehead atoms. The van der Waals surface area contributed by atoms with Gasteiger partial charge in [-0.3, -0.25) is 25.2 Å². The number of nitro groups is 1. The Kier molecular flexibility index (Phi) is 12.9. The van der Waals surface area contributed by atoms with Gasteiger partial charge in [-0.1, -0.05) is 56.9 Å². The highest BCUT2D eigenvalue weighted by atomic mass is 16.6. The van der Waals surface area contributed by atoms with Crippen molar-refractivity contribution in [2.24, 2.45) is 0 Å². The van der Waals surface area contributed by atoms with E-state index in [9.17, 15) is 24.5 Å². The van der Waals surface area contributed by atoms with E-state index in [4.69, 9.17) is 15.9 Å². The number of hydrogen-bond donors (Lipinski definition) is 4. The quantitative estimate of drug-likeness (QED) is 0.0425. The summed E-state index contributed by atoms with van der Waals surface area (Å²) >= 11 is 0. The van der Waals surface area contributed by atoms with E-state index >= 15 is 0 Å². The summed E-state index contributed by atoms with van der Waals surface area (Å²) in [5.41, 5.74) is 2.42. The van der Waals surface area contributed by atoms with Gasteiger partial charge in [0, 0.05) is 23.7 Å². The number of anilines is 3. The van der Waals surface area contributed by atoms with Crippen molar-refractivity contribution in [1.82, 2.24) is 9.97 Å². The first-order chi connectivity index (χ1) is 23.7. The molecule has 0 radical (unpaired) electrons. The van der Waals surface area contributed by atoms with Crippen LogP contribution < -0.4 is 26.2 Å². The summed E-state index contributed by atoms with van der Waals surface area (Å²) in [7, 11) is 0. The van der Waals surface area contributed by atoms with Gasteiger partial charge in [-0.2, -0.15) is 0 Å². The Balaban J connectivity index is 1.25. The number of benzene rings is 3. The van der Waals surface area contributed by atoms with Crippen molar-refractivity contribution >= 4 is 35.0 Å². The van der Waals surface area contributed by atoms with Gasteiger partial charge in [-0.25, -0.2) is 14.6 Å². The minimum Gasteiger partial charge on any atom is -0.489 e.